The molecule has 0 amide bonds. The molecule has 23 heteroatoms. The van der Waals surface area contributed by atoms with Crippen molar-refractivity contribution in [3.8, 4) is 0 Å². The van der Waals surface area contributed by atoms with Crippen molar-refractivity contribution in [2.24, 2.45) is 0 Å². The number of alkyl halides is 1. The number of anilines is 2. The van der Waals surface area contributed by atoms with E-state index in [0.717, 1.165) is 18.2 Å². The van der Waals surface area contributed by atoms with Crippen molar-refractivity contribution in [3.63, 3.8) is 0 Å². The van der Waals surface area contributed by atoms with Crippen LogP contribution in [0, 0.1) is 0 Å². The number of hydrogen-bond acceptors (Lipinski definition) is 15. The number of H-pyrrole nitrogens is 1. The number of ether oxygens (including phenoxy) is 2. The van der Waals surface area contributed by atoms with Gasteiger partial charge in [0.1, 0.15) is 42.5 Å². The second-order valence-electron chi connectivity index (χ2n) is 10.0. The van der Waals surface area contributed by atoms with E-state index in [9.17, 15) is 23.7 Å². The third-order valence-electron chi connectivity index (χ3n) is 7.22. The van der Waals surface area contributed by atoms with Gasteiger partial charge in [-0.25, -0.2) is 28.9 Å². The number of rotatable bonds is 2. The van der Waals surface area contributed by atoms with E-state index in [1.165, 1.54) is 21.8 Å². The lowest BCUT2D eigenvalue weighted by molar-refractivity contribution is -0.0450. The first-order valence-corrected chi connectivity index (χ1v) is 16.0. The molecule has 7 rings (SSSR count). The van der Waals surface area contributed by atoms with Crippen molar-refractivity contribution >= 4 is 49.5 Å². The molecule has 2 saturated heterocycles. The lowest BCUT2D eigenvalue weighted by atomic mass is 10.1. The Bertz CT molecular complexity index is 1950. The van der Waals surface area contributed by atoms with Gasteiger partial charge in [0.15, 0.2) is 35.0 Å². The third kappa shape index (κ3) is 5.11. The van der Waals surface area contributed by atoms with Crippen molar-refractivity contribution in [2.75, 3.05) is 18.1 Å². The number of phosphoric acid groups is 1. The summed E-state index contributed by atoms with van der Waals surface area (Å²) in [7, 11) is -9.58. The molecule has 44 heavy (non-hydrogen) atoms. The number of nitrogens with one attached hydrogen (secondary N) is 1. The van der Waals surface area contributed by atoms with Gasteiger partial charge in [-0.3, -0.25) is 37.0 Å². The topological polar surface area (TPSA) is 280 Å². The van der Waals surface area contributed by atoms with Gasteiger partial charge in [0.25, 0.3) is 5.56 Å². The fraction of sp³-hybridized carbons (Fsp3) is 0.429. The highest BCUT2D eigenvalue weighted by Crippen LogP contribution is 2.54. The first-order valence-electron chi connectivity index (χ1n) is 12.9. The number of fused-ring (bicyclic) bond motifs is 4. The Balaban J connectivity index is 1.18. The van der Waals surface area contributed by atoms with Crippen LogP contribution >= 0.6 is 15.4 Å². The van der Waals surface area contributed by atoms with Crippen LogP contribution in [0.25, 0.3) is 22.3 Å². The van der Waals surface area contributed by atoms with Crippen molar-refractivity contribution in [1.82, 2.24) is 39.0 Å². The fourth-order valence-electron chi connectivity index (χ4n) is 5.27. The number of hydrogen-bond donors (Lipinski definition) is 5. The summed E-state index contributed by atoms with van der Waals surface area (Å²) in [4.78, 5) is 55.8. The predicted molar refractivity (Wildman–Crippen MR) is 144 cm³/mol. The van der Waals surface area contributed by atoms with Gasteiger partial charge in [0.2, 0.25) is 5.95 Å². The quantitative estimate of drug-likeness (QED) is 0.181. The average molecular weight is 656 g/mol. The van der Waals surface area contributed by atoms with Gasteiger partial charge < -0.3 is 30.7 Å². The van der Waals surface area contributed by atoms with E-state index in [1.807, 2.05) is 0 Å². The van der Waals surface area contributed by atoms with Crippen molar-refractivity contribution in [2.45, 2.75) is 49.5 Å². The highest BCUT2D eigenvalue weighted by Gasteiger charge is 2.51. The minimum absolute atomic E-state index is 0.0294. The van der Waals surface area contributed by atoms with Crippen LogP contribution in [-0.2, 0) is 32.2 Å². The zero-order valence-corrected chi connectivity index (χ0v) is 23.8. The zero-order valence-electron chi connectivity index (χ0n) is 22.1. The summed E-state index contributed by atoms with van der Waals surface area (Å²) >= 11 is 0. The number of aromatic nitrogens is 8. The summed E-state index contributed by atoms with van der Waals surface area (Å²) in [5, 5.41) is 0. The predicted octanol–water partition coefficient (Wildman–Crippen LogP) is 0.247. The van der Waals surface area contributed by atoms with E-state index in [2.05, 4.69) is 29.9 Å². The number of imidazole rings is 2. The lowest BCUT2D eigenvalue weighted by Crippen LogP contribution is -2.32. The van der Waals surface area contributed by atoms with Crippen LogP contribution in [0.4, 0.5) is 16.2 Å². The van der Waals surface area contributed by atoms with Crippen molar-refractivity contribution in [3.05, 3.63) is 41.2 Å². The molecule has 234 valence electrons. The second-order valence-corrected chi connectivity index (χ2v) is 13.1. The van der Waals surface area contributed by atoms with Crippen LogP contribution in [0.15, 0.2) is 35.7 Å². The van der Waals surface area contributed by atoms with E-state index in [0.29, 0.717) is 0 Å². The largest absolute Gasteiger partial charge is 0.472 e. The van der Waals surface area contributed by atoms with Crippen LogP contribution in [-0.4, -0.2) is 86.0 Å². The van der Waals surface area contributed by atoms with E-state index in [-0.39, 0.29) is 40.5 Å². The Labute approximate surface area is 243 Å². The molecular formula is C21H23FN10O10P2. The Kier molecular flexibility index (Phi) is 6.92. The molecule has 0 spiro atoms. The van der Waals surface area contributed by atoms with Crippen molar-refractivity contribution < 1.29 is 46.4 Å². The molecular weight excluding hydrogens is 633 g/mol. The maximum Gasteiger partial charge on any atom is 0.472 e. The number of halogens is 1. The highest BCUT2D eigenvalue weighted by atomic mass is 31.2. The first-order chi connectivity index (χ1) is 20.9. The summed E-state index contributed by atoms with van der Waals surface area (Å²) in [6.45, 7) is -0.678. The zero-order chi connectivity index (χ0) is 31.0. The van der Waals surface area contributed by atoms with Crippen molar-refractivity contribution in [1.29, 1.82) is 0 Å². The van der Waals surface area contributed by atoms with Gasteiger partial charge in [0.05, 0.1) is 19.3 Å². The molecule has 0 aliphatic carbocycles. The summed E-state index contributed by atoms with van der Waals surface area (Å²) in [5.41, 5.74) is 11.2. The third-order valence-corrected chi connectivity index (χ3v) is 9.32. The Morgan fingerprint density at radius 3 is 2.59 bits per heavy atom. The van der Waals surface area contributed by atoms with Crippen LogP contribution in [0.5, 0.6) is 0 Å². The van der Waals surface area contributed by atoms with Gasteiger partial charge in [-0.2, -0.15) is 4.98 Å². The molecule has 0 aromatic carbocycles. The van der Waals surface area contributed by atoms with Gasteiger partial charge in [0, 0.05) is 12.2 Å². The average Bonchev–Trinajstić information content (AvgIpc) is 3.72. The molecule has 9 atom stereocenters. The molecule has 7 heterocycles. The number of phosphoric ester groups is 1. The van der Waals surface area contributed by atoms with Gasteiger partial charge in [-0.05, 0) is 6.08 Å². The van der Waals surface area contributed by atoms with Gasteiger partial charge in [-0.15, -0.1) is 0 Å². The minimum Gasteiger partial charge on any atom is -0.382 e. The Hall–Kier alpha value is -3.65. The monoisotopic (exact) mass is 656 g/mol. The maximum absolute atomic E-state index is 15.9. The fourth-order valence-corrected chi connectivity index (χ4v) is 7.27. The van der Waals surface area contributed by atoms with Crippen LogP contribution in [0.3, 0.4) is 0 Å². The van der Waals surface area contributed by atoms with E-state index >= 15 is 4.39 Å². The molecule has 0 bridgehead atoms. The van der Waals surface area contributed by atoms with E-state index in [1.54, 1.807) is 0 Å². The van der Waals surface area contributed by atoms with Crippen LogP contribution in [0.2, 0.25) is 0 Å². The molecule has 7 N–H and O–H groups in total. The molecule has 2 unspecified atom stereocenters. The molecule has 0 saturated carbocycles. The molecule has 3 aliphatic heterocycles. The number of nitrogens with zero attached hydrogens (tertiary/aromatic N) is 7. The second kappa shape index (κ2) is 10.5. The number of nitrogen functional groups attached to an aromatic ring is 2. The van der Waals surface area contributed by atoms with Gasteiger partial charge >= 0.3 is 15.4 Å². The molecule has 2 fully saturated rings. The molecule has 0 radical (unpaired) electrons. The smallest absolute Gasteiger partial charge is 0.382 e. The summed E-state index contributed by atoms with van der Waals surface area (Å²) in [6.07, 6.45) is -5.75. The molecule has 3 aliphatic rings. The maximum atomic E-state index is 15.9. The van der Waals surface area contributed by atoms with Crippen LogP contribution in [0.1, 0.15) is 18.9 Å². The summed E-state index contributed by atoms with van der Waals surface area (Å²) < 4.78 is 72.1. The number of aromatic amines is 1. The number of nitrogens with two attached hydrogens (primary N) is 2. The molecule has 20 nitrogen and oxygen atoms in total. The van der Waals surface area contributed by atoms with E-state index < -0.39 is 70.6 Å². The minimum atomic E-state index is -5.00. The normalized spacial score (nSPS) is 36.9. The first kappa shape index (κ1) is 29.1. The SMILES string of the molecule is Nc1nc2c(ncn2[C@H]2C[C@@H]3OP(=O)(O)/C=C/[C@H]4O[C@@H](n5cnc6c(N)ncnc65)[C@H](F)[C@@H]4OP(=O)(O)OC[C@H]3O2)c(=O)[nH]1. The molecule has 4 aromatic heterocycles. The molecule has 4 aromatic rings. The Morgan fingerprint density at radius 1 is 1.00 bits per heavy atom. The lowest BCUT2D eigenvalue weighted by Gasteiger charge is -2.25. The Morgan fingerprint density at radius 2 is 1.77 bits per heavy atom. The summed E-state index contributed by atoms with van der Waals surface area (Å²) in [5.74, 6) is 0.608. The standard InChI is InChI=1S/C21H23FN10O10P2/c22-12-15-8(40-20(12)32-7-27-13-16(23)25-5-26-17(13)32)1-2-43(34,35)41-9-3-11(39-10(9)4-38-44(36,37)42-15)31-6-28-14-18(31)29-21(24)30-19(14)33/h1-2,5-12,15,20H,3-4H2,(H,34,35)(H,36,37)(H2,23,25,26)(H3,24,29,30,33)/b2-1+/t8-,9+,10-,11-,12-,15-,20-/m1/s1. The van der Waals surface area contributed by atoms with Crippen LogP contribution < -0.4 is 17.0 Å². The summed E-state index contributed by atoms with van der Waals surface area (Å²) in [6, 6.07) is 0. The van der Waals surface area contributed by atoms with E-state index in [4.69, 9.17) is 34.5 Å². The van der Waals surface area contributed by atoms with Gasteiger partial charge in [-0.1, -0.05) is 0 Å². The highest BCUT2D eigenvalue weighted by molar-refractivity contribution is 7.56.